The normalized spacial score (nSPS) is 16.9. The van der Waals surface area contributed by atoms with E-state index >= 15 is 0 Å². The quantitative estimate of drug-likeness (QED) is 0.917. The van der Waals surface area contributed by atoms with Gasteiger partial charge in [-0.15, -0.1) is 0 Å². The Kier molecular flexibility index (Phi) is 3.31. The van der Waals surface area contributed by atoms with Crippen LogP contribution in [-0.2, 0) is 4.79 Å². The maximum Gasteiger partial charge on any atom is 0.271 e. The van der Waals surface area contributed by atoms with Crippen molar-refractivity contribution in [2.75, 3.05) is 12.4 Å². The van der Waals surface area contributed by atoms with E-state index in [0.29, 0.717) is 17.3 Å². The second kappa shape index (κ2) is 5.13. The summed E-state index contributed by atoms with van der Waals surface area (Å²) in [6.07, 6.45) is 0.891. The van der Waals surface area contributed by atoms with E-state index < -0.39 is 6.10 Å². The van der Waals surface area contributed by atoms with Gasteiger partial charge in [0.2, 0.25) is 6.10 Å². The van der Waals surface area contributed by atoms with Crippen LogP contribution in [0.15, 0.2) is 41.0 Å². The van der Waals surface area contributed by atoms with E-state index in [1.807, 2.05) is 18.2 Å². The zero-order chi connectivity index (χ0) is 14.1. The third-order valence-corrected chi connectivity index (χ3v) is 3.37. The fourth-order valence-corrected chi connectivity index (χ4v) is 2.30. The molecule has 1 aromatic heterocycles. The molecule has 1 N–H and O–H groups in total. The molecule has 102 valence electrons. The number of aromatic nitrogens is 1. The summed E-state index contributed by atoms with van der Waals surface area (Å²) in [5.74, 6) is 1.39. The Bertz CT molecular complexity index is 675. The third kappa shape index (κ3) is 2.34. The minimum absolute atomic E-state index is 0.249. The average molecular weight is 335 g/mol. The summed E-state index contributed by atoms with van der Waals surface area (Å²) in [6.45, 7) is 0. The summed E-state index contributed by atoms with van der Waals surface area (Å²) < 4.78 is 11.7. The van der Waals surface area contributed by atoms with E-state index in [9.17, 15) is 4.79 Å². The van der Waals surface area contributed by atoms with Crippen molar-refractivity contribution >= 4 is 27.7 Å². The van der Waals surface area contributed by atoms with E-state index in [2.05, 4.69) is 26.2 Å². The predicted molar refractivity (Wildman–Crippen MR) is 76.9 cm³/mol. The van der Waals surface area contributed by atoms with Crippen LogP contribution in [0, 0.1) is 0 Å². The lowest BCUT2D eigenvalue weighted by atomic mass is 10.1. The number of nitrogens with one attached hydrogen (secondary N) is 1. The first kappa shape index (κ1) is 12.9. The number of hydrogen-bond acceptors (Lipinski definition) is 4. The zero-order valence-corrected chi connectivity index (χ0v) is 12.2. The monoisotopic (exact) mass is 334 g/mol. The Hall–Kier alpha value is -2.08. The molecule has 0 radical (unpaired) electrons. The summed E-state index contributed by atoms with van der Waals surface area (Å²) in [4.78, 5) is 16.2. The molecule has 6 heteroatoms. The van der Waals surface area contributed by atoms with Crippen LogP contribution in [0.4, 0.5) is 5.82 Å². The van der Waals surface area contributed by atoms with Crippen LogP contribution in [0.3, 0.4) is 0 Å². The topological polar surface area (TPSA) is 60.5 Å². The number of benzene rings is 1. The number of nitrogens with zero attached hydrogens (tertiary/aromatic N) is 1. The van der Waals surface area contributed by atoms with Gasteiger partial charge in [0.1, 0.15) is 5.75 Å². The molecule has 1 amide bonds. The van der Waals surface area contributed by atoms with Gasteiger partial charge in [0, 0.05) is 16.2 Å². The van der Waals surface area contributed by atoms with Crippen LogP contribution in [0.5, 0.6) is 11.5 Å². The first-order valence-electron chi connectivity index (χ1n) is 5.94. The number of carbonyl (C=O) groups excluding carboxylic acids is 1. The van der Waals surface area contributed by atoms with Crippen LogP contribution in [0.1, 0.15) is 11.7 Å². The highest BCUT2D eigenvalue weighted by Gasteiger charge is 2.30. The molecular weight excluding hydrogens is 324 g/mol. The molecule has 0 spiro atoms. The number of anilines is 1. The van der Waals surface area contributed by atoms with Gasteiger partial charge in [0.25, 0.3) is 5.91 Å². The van der Waals surface area contributed by atoms with Crippen molar-refractivity contribution in [2.24, 2.45) is 0 Å². The highest BCUT2D eigenvalue weighted by molar-refractivity contribution is 9.10. The predicted octanol–water partition coefficient (Wildman–Crippen LogP) is 2.92. The minimum Gasteiger partial charge on any atom is -0.497 e. The Balaban J connectivity index is 1.97. The van der Waals surface area contributed by atoms with Gasteiger partial charge in [0.05, 0.1) is 7.11 Å². The average Bonchev–Trinajstić information content (AvgIpc) is 2.47. The van der Waals surface area contributed by atoms with E-state index in [-0.39, 0.29) is 5.91 Å². The molecule has 20 heavy (non-hydrogen) atoms. The number of hydrogen-bond donors (Lipinski definition) is 1. The minimum atomic E-state index is -0.714. The van der Waals surface area contributed by atoms with E-state index in [1.54, 1.807) is 25.4 Å². The molecule has 0 saturated heterocycles. The SMILES string of the molecule is COc1cccc(C2Oc3cc(Br)cnc3NC2=O)c1. The van der Waals surface area contributed by atoms with Crippen molar-refractivity contribution < 1.29 is 14.3 Å². The van der Waals surface area contributed by atoms with Crippen LogP contribution >= 0.6 is 15.9 Å². The molecule has 0 aliphatic carbocycles. The van der Waals surface area contributed by atoms with Gasteiger partial charge in [-0.25, -0.2) is 4.98 Å². The Labute approximate surface area is 124 Å². The number of amides is 1. The fraction of sp³-hybridized carbons (Fsp3) is 0.143. The number of carbonyl (C=O) groups is 1. The van der Waals surface area contributed by atoms with Gasteiger partial charge >= 0.3 is 0 Å². The molecule has 0 saturated carbocycles. The number of methoxy groups -OCH3 is 1. The van der Waals surface area contributed by atoms with Crippen molar-refractivity contribution in [3.8, 4) is 11.5 Å². The number of ether oxygens (including phenoxy) is 2. The molecule has 1 unspecified atom stereocenters. The molecule has 0 bridgehead atoms. The van der Waals surface area contributed by atoms with Crippen LogP contribution in [0.25, 0.3) is 0 Å². The Morgan fingerprint density at radius 1 is 1.40 bits per heavy atom. The number of fused-ring (bicyclic) bond motifs is 1. The van der Waals surface area contributed by atoms with Crippen molar-refractivity contribution in [2.45, 2.75) is 6.10 Å². The van der Waals surface area contributed by atoms with Gasteiger partial charge in [-0.05, 0) is 34.1 Å². The van der Waals surface area contributed by atoms with Gasteiger partial charge in [-0.1, -0.05) is 12.1 Å². The first-order valence-corrected chi connectivity index (χ1v) is 6.73. The lowest BCUT2D eigenvalue weighted by Gasteiger charge is -2.25. The molecule has 2 aromatic rings. The Morgan fingerprint density at radius 3 is 3.05 bits per heavy atom. The summed E-state index contributed by atoms with van der Waals surface area (Å²) in [6, 6.07) is 9.01. The number of pyridine rings is 1. The Morgan fingerprint density at radius 2 is 2.25 bits per heavy atom. The van der Waals surface area contributed by atoms with Crippen molar-refractivity contribution in [3.63, 3.8) is 0 Å². The smallest absolute Gasteiger partial charge is 0.271 e. The van der Waals surface area contributed by atoms with Crippen molar-refractivity contribution in [1.29, 1.82) is 0 Å². The van der Waals surface area contributed by atoms with Gasteiger partial charge < -0.3 is 14.8 Å². The van der Waals surface area contributed by atoms with E-state index in [4.69, 9.17) is 9.47 Å². The first-order chi connectivity index (χ1) is 9.67. The summed E-state index contributed by atoms with van der Waals surface area (Å²) in [5, 5.41) is 2.74. The molecule has 1 atom stereocenters. The summed E-state index contributed by atoms with van der Waals surface area (Å²) in [5.41, 5.74) is 0.729. The molecule has 0 fully saturated rings. The van der Waals surface area contributed by atoms with Crippen LogP contribution in [0.2, 0.25) is 0 Å². The molecule has 1 aliphatic heterocycles. The second-order valence-electron chi connectivity index (χ2n) is 4.26. The van der Waals surface area contributed by atoms with E-state index in [1.165, 1.54) is 0 Å². The van der Waals surface area contributed by atoms with Crippen molar-refractivity contribution in [3.05, 3.63) is 46.6 Å². The number of rotatable bonds is 2. The second-order valence-corrected chi connectivity index (χ2v) is 5.18. The summed E-state index contributed by atoms with van der Waals surface area (Å²) >= 11 is 3.33. The van der Waals surface area contributed by atoms with Gasteiger partial charge in [0.15, 0.2) is 11.6 Å². The maximum atomic E-state index is 12.1. The molecular formula is C14H11BrN2O3. The zero-order valence-electron chi connectivity index (χ0n) is 10.6. The fourth-order valence-electron chi connectivity index (χ4n) is 1.99. The molecule has 5 nitrogen and oxygen atoms in total. The van der Waals surface area contributed by atoms with Gasteiger partial charge in [-0.3, -0.25) is 4.79 Å². The molecule has 2 heterocycles. The highest BCUT2D eigenvalue weighted by atomic mass is 79.9. The molecule has 1 aliphatic rings. The third-order valence-electron chi connectivity index (χ3n) is 2.94. The highest BCUT2D eigenvalue weighted by Crippen LogP contribution is 2.35. The standard InChI is InChI=1S/C14H11BrN2O3/c1-19-10-4-2-3-8(5-10)12-14(18)17-13-11(20-12)6-9(15)7-16-13/h2-7,12H,1H3,(H,16,17,18). The lowest BCUT2D eigenvalue weighted by molar-refractivity contribution is -0.123. The number of halogens is 1. The largest absolute Gasteiger partial charge is 0.497 e. The molecule has 1 aromatic carbocycles. The van der Waals surface area contributed by atoms with Crippen LogP contribution in [-0.4, -0.2) is 18.0 Å². The van der Waals surface area contributed by atoms with Gasteiger partial charge in [-0.2, -0.15) is 0 Å². The molecule has 3 rings (SSSR count). The lowest BCUT2D eigenvalue weighted by Crippen LogP contribution is -2.30. The van der Waals surface area contributed by atoms with E-state index in [0.717, 1.165) is 10.0 Å². The van der Waals surface area contributed by atoms with Crippen molar-refractivity contribution in [1.82, 2.24) is 4.98 Å². The maximum absolute atomic E-state index is 12.1. The van der Waals surface area contributed by atoms with Crippen LogP contribution < -0.4 is 14.8 Å². The summed E-state index contributed by atoms with van der Waals surface area (Å²) in [7, 11) is 1.58.